The zero-order valence-electron chi connectivity index (χ0n) is 5.67. The normalized spacial score (nSPS) is 9.91. The Balaban J connectivity index is 2.45. The van der Waals surface area contributed by atoms with Crippen molar-refractivity contribution in [3.8, 4) is 0 Å². The summed E-state index contributed by atoms with van der Waals surface area (Å²) < 4.78 is 0.776. The van der Waals surface area contributed by atoms with Crippen LogP contribution in [0.1, 0.15) is 12.2 Å². The Labute approximate surface area is 71.8 Å². The van der Waals surface area contributed by atoms with Gasteiger partial charge < -0.3 is 10.1 Å². The molecule has 0 spiro atoms. The van der Waals surface area contributed by atoms with E-state index in [-0.39, 0.29) is 6.42 Å². The van der Waals surface area contributed by atoms with E-state index in [2.05, 4.69) is 25.9 Å². The van der Waals surface area contributed by atoms with E-state index >= 15 is 0 Å². The van der Waals surface area contributed by atoms with Gasteiger partial charge in [0, 0.05) is 6.42 Å². The van der Waals surface area contributed by atoms with Gasteiger partial charge in [-0.1, -0.05) is 0 Å². The Morgan fingerprint density at radius 1 is 1.82 bits per heavy atom. The zero-order chi connectivity index (χ0) is 8.27. The highest BCUT2D eigenvalue weighted by Crippen LogP contribution is 2.05. The van der Waals surface area contributed by atoms with Crippen LogP contribution >= 0.6 is 15.9 Å². The molecule has 11 heavy (non-hydrogen) atoms. The van der Waals surface area contributed by atoms with Gasteiger partial charge in [0.15, 0.2) is 0 Å². The van der Waals surface area contributed by atoms with Crippen LogP contribution in [0.3, 0.4) is 0 Å². The number of imidazole rings is 1. The monoisotopic (exact) mass is 218 g/mol. The van der Waals surface area contributed by atoms with Crippen molar-refractivity contribution >= 4 is 21.9 Å². The van der Waals surface area contributed by atoms with E-state index in [1.54, 1.807) is 6.20 Å². The van der Waals surface area contributed by atoms with Crippen LogP contribution < -0.4 is 0 Å². The molecule has 0 radical (unpaired) electrons. The van der Waals surface area contributed by atoms with E-state index in [9.17, 15) is 4.79 Å². The number of carboxylic acid groups (broad SMARTS) is 1. The third kappa shape index (κ3) is 2.71. The smallest absolute Gasteiger partial charge is 0.303 e. The molecular weight excluding hydrogens is 212 g/mol. The van der Waals surface area contributed by atoms with Gasteiger partial charge in [-0.2, -0.15) is 0 Å². The topological polar surface area (TPSA) is 66.0 Å². The molecule has 0 fully saturated rings. The fourth-order valence-electron chi connectivity index (χ4n) is 0.689. The number of nitrogens with zero attached hydrogens (tertiary/aromatic N) is 1. The number of aryl methyl sites for hydroxylation is 1. The lowest BCUT2D eigenvalue weighted by molar-refractivity contribution is -0.137. The molecule has 0 aliphatic rings. The average molecular weight is 219 g/mol. The first-order valence-corrected chi connectivity index (χ1v) is 3.89. The Morgan fingerprint density at radius 2 is 2.55 bits per heavy atom. The number of aliphatic carboxylic acids is 1. The summed E-state index contributed by atoms with van der Waals surface area (Å²) in [6, 6.07) is 0. The first kappa shape index (κ1) is 8.26. The molecular formula is C6H7BrN2O2. The van der Waals surface area contributed by atoms with Crippen molar-refractivity contribution in [2.75, 3.05) is 0 Å². The lowest BCUT2D eigenvalue weighted by atomic mass is 10.3. The molecule has 0 saturated carbocycles. The minimum atomic E-state index is -0.808. The number of nitrogens with one attached hydrogen (secondary N) is 1. The summed E-state index contributed by atoms with van der Waals surface area (Å²) in [4.78, 5) is 16.9. The van der Waals surface area contributed by atoms with E-state index < -0.39 is 5.97 Å². The molecule has 2 N–H and O–H groups in total. The lowest BCUT2D eigenvalue weighted by Crippen LogP contribution is -1.98. The number of H-pyrrole nitrogens is 1. The molecule has 5 heteroatoms. The summed E-state index contributed by atoms with van der Waals surface area (Å²) in [6.07, 6.45) is 2.16. The third-order valence-electron chi connectivity index (χ3n) is 1.17. The maximum atomic E-state index is 10.1. The van der Waals surface area contributed by atoms with Crippen LogP contribution in [0.15, 0.2) is 10.8 Å². The molecule has 0 saturated heterocycles. The van der Waals surface area contributed by atoms with E-state index in [4.69, 9.17) is 5.11 Å². The molecule has 1 heterocycles. The van der Waals surface area contributed by atoms with Crippen LogP contribution in [0, 0.1) is 0 Å². The zero-order valence-corrected chi connectivity index (χ0v) is 7.26. The van der Waals surface area contributed by atoms with Gasteiger partial charge in [0.1, 0.15) is 10.4 Å². The van der Waals surface area contributed by atoms with Crippen molar-refractivity contribution in [2.24, 2.45) is 0 Å². The molecule has 1 aromatic rings. The van der Waals surface area contributed by atoms with Gasteiger partial charge in [-0.25, -0.2) is 4.98 Å². The van der Waals surface area contributed by atoms with Gasteiger partial charge in [0.2, 0.25) is 0 Å². The predicted molar refractivity (Wildman–Crippen MR) is 42.2 cm³/mol. The maximum absolute atomic E-state index is 10.1. The van der Waals surface area contributed by atoms with Crippen molar-refractivity contribution < 1.29 is 9.90 Å². The van der Waals surface area contributed by atoms with Crippen LogP contribution in [-0.2, 0) is 11.2 Å². The number of hydrogen-bond donors (Lipinski definition) is 2. The van der Waals surface area contributed by atoms with Gasteiger partial charge in [-0.05, 0) is 15.9 Å². The predicted octanol–water partition coefficient (Wildman–Crippen LogP) is 1.19. The van der Waals surface area contributed by atoms with Crippen molar-refractivity contribution in [3.05, 3.63) is 16.6 Å². The van der Waals surface area contributed by atoms with E-state index in [1.165, 1.54) is 0 Å². The molecule has 1 aromatic heterocycles. The fourth-order valence-corrected chi connectivity index (χ4v) is 1.02. The Hall–Kier alpha value is -0.840. The first-order chi connectivity index (χ1) is 5.18. The Kier molecular flexibility index (Phi) is 2.64. The highest BCUT2D eigenvalue weighted by molar-refractivity contribution is 9.10. The van der Waals surface area contributed by atoms with Gasteiger partial charge in [0.05, 0.1) is 12.6 Å². The minimum absolute atomic E-state index is 0.111. The molecule has 60 valence electrons. The van der Waals surface area contributed by atoms with Crippen molar-refractivity contribution in [1.82, 2.24) is 9.97 Å². The van der Waals surface area contributed by atoms with Crippen molar-refractivity contribution in [1.29, 1.82) is 0 Å². The van der Waals surface area contributed by atoms with E-state index in [0.717, 1.165) is 4.60 Å². The molecule has 0 unspecified atom stereocenters. The number of aromatic nitrogens is 2. The molecule has 0 atom stereocenters. The second kappa shape index (κ2) is 3.52. The summed E-state index contributed by atoms with van der Waals surface area (Å²) in [7, 11) is 0. The number of halogens is 1. The van der Waals surface area contributed by atoms with Crippen LogP contribution in [0.4, 0.5) is 0 Å². The van der Waals surface area contributed by atoms with Crippen LogP contribution in [0.25, 0.3) is 0 Å². The number of aromatic amines is 1. The maximum Gasteiger partial charge on any atom is 0.303 e. The first-order valence-electron chi connectivity index (χ1n) is 3.09. The molecule has 1 rings (SSSR count). The highest BCUT2D eigenvalue weighted by atomic mass is 79.9. The minimum Gasteiger partial charge on any atom is -0.481 e. The third-order valence-corrected chi connectivity index (χ3v) is 1.58. The number of hydrogen-bond acceptors (Lipinski definition) is 2. The van der Waals surface area contributed by atoms with Crippen LogP contribution in [0.5, 0.6) is 0 Å². The molecule has 0 aromatic carbocycles. The highest BCUT2D eigenvalue weighted by Gasteiger charge is 2.01. The van der Waals surface area contributed by atoms with Gasteiger partial charge >= 0.3 is 5.97 Å². The van der Waals surface area contributed by atoms with Crippen LogP contribution in [-0.4, -0.2) is 21.0 Å². The largest absolute Gasteiger partial charge is 0.481 e. The SMILES string of the molecule is O=C(O)CCc1ncc(Br)[nH]1. The molecule has 0 bridgehead atoms. The Morgan fingerprint density at radius 3 is 3.00 bits per heavy atom. The average Bonchev–Trinajstić information content (AvgIpc) is 2.31. The standard InChI is InChI=1S/C6H7BrN2O2/c7-4-3-8-5(9-4)1-2-6(10)11/h3H,1-2H2,(H,8,9)(H,10,11). The van der Waals surface area contributed by atoms with Gasteiger partial charge in [-0.3, -0.25) is 4.79 Å². The molecule has 0 aliphatic carbocycles. The van der Waals surface area contributed by atoms with E-state index in [1.807, 2.05) is 0 Å². The van der Waals surface area contributed by atoms with Crippen molar-refractivity contribution in [2.45, 2.75) is 12.8 Å². The second-order valence-corrected chi connectivity index (χ2v) is 2.93. The Bertz CT molecular complexity index is 259. The second-order valence-electron chi connectivity index (χ2n) is 2.07. The van der Waals surface area contributed by atoms with Crippen LogP contribution in [0.2, 0.25) is 0 Å². The summed E-state index contributed by atoms with van der Waals surface area (Å²) in [5.74, 6) is -0.114. The summed E-state index contributed by atoms with van der Waals surface area (Å²) in [6.45, 7) is 0. The quantitative estimate of drug-likeness (QED) is 0.802. The molecule has 0 amide bonds. The summed E-state index contributed by atoms with van der Waals surface area (Å²) in [5.41, 5.74) is 0. The summed E-state index contributed by atoms with van der Waals surface area (Å²) >= 11 is 3.17. The number of carbonyl (C=O) groups is 1. The lowest BCUT2D eigenvalue weighted by Gasteiger charge is -1.90. The van der Waals surface area contributed by atoms with Gasteiger partial charge in [-0.15, -0.1) is 0 Å². The van der Waals surface area contributed by atoms with Gasteiger partial charge in [0.25, 0.3) is 0 Å². The van der Waals surface area contributed by atoms with Crippen molar-refractivity contribution in [3.63, 3.8) is 0 Å². The fraction of sp³-hybridized carbons (Fsp3) is 0.333. The number of carboxylic acids is 1. The summed E-state index contributed by atoms with van der Waals surface area (Å²) in [5, 5.41) is 8.33. The number of rotatable bonds is 3. The molecule has 4 nitrogen and oxygen atoms in total. The van der Waals surface area contributed by atoms with E-state index in [0.29, 0.717) is 12.2 Å². The molecule has 0 aliphatic heterocycles.